The average molecular weight is 340 g/mol. The molecule has 1 aromatic heterocycles. The predicted molar refractivity (Wildman–Crippen MR) is 84.5 cm³/mol. The quantitative estimate of drug-likeness (QED) is 0.917. The molecule has 102 valence electrons. The topological polar surface area (TPSA) is 37.8 Å². The summed E-state index contributed by atoms with van der Waals surface area (Å²) in [6.45, 7) is 7.42. The Hall–Kier alpha value is -0.780. The van der Waals surface area contributed by atoms with Crippen LogP contribution < -0.4 is 5.32 Å². The molecule has 1 heterocycles. The van der Waals surface area contributed by atoms with E-state index in [1.54, 1.807) is 11.3 Å². The molecule has 1 N–H and O–H groups in total. The van der Waals surface area contributed by atoms with Gasteiger partial charge in [-0.25, -0.2) is 0 Å². The molecule has 0 unspecified atom stereocenters. The van der Waals surface area contributed by atoms with Crippen LogP contribution >= 0.6 is 27.3 Å². The Bertz CT molecular complexity index is 546. The second-order valence-corrected chi connectivity index (χ2v) is 7.32. The number of hydrogen-bond acceptors (Lipinski definition) is 4. The Morgan fingerprint density at radius 1 is 1.21 bits per heavy atom. The minimum Gasteiger partial charge on any atom is -0.312 e. The van der Waals surface area contributed by atoms with Crippen LogP contribution in [0.3, 0.4) is 0 Å². The fourth-order valence-electron chi connectivity index (χ4n) is 1.64. The molecule has 5 heteroatoms. The highest BCUT2D eigenvalue weighted by Crippen LogP contribution is 2.30. The molecule has 0 aliphatic rings. The van der Waals surface area contributed by atoms with Gasteiger partial charge in [-0.3, -0.25) is 0 Å². The Balaban J connectivity index is 2.02. The molecule has 1 aromatic carbocycles. The first-order chi connectivity index (χ1) is 8.96. The second-order valence-electron chi connectivity index (χ2n) is 5.41. The average Bonchev–Trinajstić information content (AvgIpc) is 2.76. The summed E-state index contributed by atoms with van der Waals surface area (Å²) in [6.07, 6.45) is 0.916. The van der Waals surface area contributed by atoms with E-state index >= 15 is 0 Å². The van der Waals surface area contributed by atoms with Crippen LogP contribution in [0, 0.1) is 0 Å². The molecule has 0 aliphatic heterocycles. The monoisotopic (exact) mass is 339 g/mol. The molecule has 0 amide bonds. The maximum Gasteiger partial charge on any atom is 0.148 e. The van der Waals surface area contributed by atoms with E-state index in [0.717, 1.165) is 33.0 Å². The van der Waals surface area contributed by atoms with Gasteiger partial charge in [0, 0.05) is 28.5 Å². The highest BCUT2D eigenvalue weighted by molar-refractivity contribution is 9.10. The van der Waals surface area contributed by atoms with Gasteiger partial charge in [0.2, 0.25) is 0 Å². The maximum absolute atomic E-state index is 4.27. The van der Waals surface area contributed by atoms with Crippen LogP contribution in [0.25, 0.3) is 10.6 Å². The van der Waals surface area contributed by atoms with E-state index in [0.29, 0.717) is 0 Å². The normalized spacial score (nSPS) is 11.8. The molecule has 0 radical (unpaired) electrons. The van der Waals surface area contributed by atoms with Crippen molar-refractivity contribution in [1.82, 2.24) is 15.5 Å². The van der Waals surface area contributed by atoms with Crippen LogP contribution in [0.15, 0.2) is 28.7 Å². The molecule has 0 saturated carbocycles. The Labute approximate surface area is 126 Å². The summed E-state index contributed by atoms with van der Waals surface area (Å²) < 4.78 is 1.06. The lowest BCUT2D eigenvalue weighted by molar-refractivity contribution is 0.429. The van der Waals surface area contributed by atoms with Gasteiger partial charge in [0.05, 0.1) is 0 Å². The molecule has 0 bridgehead atoms. The largest absolute Gasteiger partial charge is 0.312 e. The maximum atomic E-state index is 4.27. The highest BCUT2D eigenvalue weighted by atomic mass is 79.9. The van der Waals surface area contributed by atoms with Gasteiger partial charge in [0.25, 0.3) is 0 Å². The van der Waals surface area contributed by atoms with E-state index < -0.39 is 0 Å². The first-order valence-electron chi connectivity index (χ1n) is 6.28. The standard InChI is InChI=1S/C14H18BrN3S/c1-14(2,3)16-9-8-12-17-18-13(19-12)10-6-4-5-7-11(10)15/h4-7,16H,8-9H2,1-3H3. The van der Waals surface area contributed by atoms with Crippen molar-refractivity contribution in [3.8, 4) is 10.6 Å². The van der Waals surface area contributed by atoms with Gasteiger partial charge in [-0.05, 0) is 26.8 Å². The van der Waals surface area contributed by atoms with Gasteiger partial charge in [-0.1, -0.05) is 45.5 Å². The van der Waals surface area contributed by atoms with Crippen molar-refractivity contribution in [2.45, 2.75) is 32.7 Å². The van der Waals surface area contributed by atoms with Crippen LogP contribution in [-0.4, -0.2) is 22.3 Å². The lowest BCUT2D eigenvalue weighted by atomic mass is 10.1. The SMILES string of the molecule is CC(C)(C)NCCc1nnc(-c2ccccc2Br)s1. The number of benzene rings is 1. The summed E-state index contributed by atoms with van der Waals surface area (Å²) in [5.41, 5.74) is 1.26. The van der Waals surface area contributed by atoms with Crippen LogP contribution in [0.1, 0.15) is 25.8 Å². The van der Waals surface area contributed by atoms with Crippen molar-refractivity contribution in [2.24, 2.45) is 0 Å². The van der Waals surface area contributed by atoms with Gasteiger partial charge in [0.1, 0.15) is 10.0 Å². The van der Waals surface area contributed by atoms with Crippen molar-refractivity contribution >= 4 is 27.3 Å². The molecule has 0 atom stereocenters. The van der Waals surface area contributed by atoms with E-state index in [1.807, 2.05) is 18.2 Å². The van der Waals surface area contributed by atoms with Crippen molar-refractivity contribution in [1.29, 1.82) is 0 Å². The Morgan fingerprint density at radius 2 is 1.95 bits per heavy atom. The van der Waals surface area contributed by atoms with Gasteiger partial charge in [-0.2, -0.15) is 0 Å². The number of nitrogens with zero attached hydrogens (tertiary/aromatic N) is 2. The number of hydrogen-bond donors (Lipinski definition) is 1. The molecular weight excluding hydrogens is 322 g/mol. The van der Waals surface area contributed by atoms with Crippen LogP contribution in [-0.2, 0) is 6.42 Å². The molecule has 3 nitrogen and oxygen atoms in total. The summed E-state index contributed by atoms with van der Waals surface area (Å²) in [5, 5.41) is 14.0. The van der Waals surface area contributed by atoms with E-state index in [2.05, 4.69) is 58.3 Å². The Morgan fingerprint density at radius 3 is 2.63 bits per heavy atom. The summed E-state index contributed by atoms with van der Waals surface area (Å²) in [6, 6.07) is 8.10. The van der Waals surface area contributed by atoms with Crippen molar-refractivity contribution in [3.63, 3.8) is 0 Å². The lowest BCUT2D eigenvalue weighted by Gasteiger charge is -2.19. The van der Waals surface area contributed by atoms with Crippen molar-refractivity contribution in [3.05, 3.63) is 33.7 Å². The number of aromatic nitrogens is 2. The van der Waals surface area contributed by atoms with E-state index in [1.165, 1.54) is 0 Å². The van der Waals surface area contributed by atoms with Crippen LogP contribution in [0.2, 0.25) is 0 Å². The molecule has 19 heavy (non-hydrogen) atoms. The third-order valence-electron chi connectivity index (χ3n) is 2.57. The second kappa shape index (κ2) is 6.11. The minimum atomic E-state index is 0.149. The first kappa shape index (κ1) is 14.6. The summed E-state index contributed by atoms with van der Waals surface area (Å²) in [4.78, 5) is 0. The third kappa shape index (κ3) is 4.37. The van der Waals surface area contributed by atoms with Gasteiger partial charge in [0.15, 0.2) is 0 Å². The molecule has 2 rings (SSSR count). The smallest absolute Gasteiger partial charge is 0.148 e. The summed E-state index contributed by atoms with van der Waals surface area (Å²) in [7, 11) is 0. The zero-order chi connectivity index (χ0) is 13.9. The van der Waals surface area contributed by atoms with Crippen LogP contribution in [0.5, 0.6) is 0 Å². The molecule has 2 aromatic rings. The number of nitrogens with one attached hydrogen (secondary N) is 1. The zero-order valence-electron chi connectivity index (χ0n) is 11.4. The lowest BCUT2D eigenvalue weighted by Crippen LogP contribution is -2.37. The van der Waals surface area contributed by atoms with E-state index in [9.17, 15) is 0 Å². The molecule has 0 saturated heterocycles. The highest BCUT2D eigenvalue weighted by Gasteiger charge is 2.11. The molecular formula is C14H18BrN3S. The number of halogens is 1. The first-order valence-corrected chi connectivity index (χ1v) is 7.89. The van der Waals surface area contributed by atoms with Crippen LogP contribution in [0.4, 0.5) is 0 Å². The predicted octanol–water partition coefficient (Wildman–Crippen LogP) is 3.90. The zero-order valence-corrected chi connectivity index (χ0v) is 13.8. The summed E-state index contributed by atoms with van der Waals surface area (Å²) >= 11 is 5.21. The van der Waals surface area contributed by atoms with E-state index in [-0.39, 0.29) is 5.54 Å². The van der Waals surface area contributed by atoms with E-state index in [4.69, 9.17) is 0 Å². The molecule has 0 fully saturated rings. The fraction of sp³-hybridized carbons (Fsp3) is 0.429. The fourth-order valence-corrected chi connectivity index (χ4v) is 3.12. The summed E-state index contributed by atoms with van der Waals surface area (Å²) in [5.74, 6) is 0. The van der Waals surface area contributed by atoms with Crippen molar-refractivity contribution < 1.29 is 0 Å². The van der Waals surface area contributed by atoms with Gasteiger partial charge >= 0.3 is 0 Å². The Kier molecular flexibility index (Phi) is 4.71. The number of rotatable bonds is 4. The third-order valence-corrected chi connectivity index (χ3v) is 4.27. The van der Waals surface area contributed by atoms with Gasteiger partial charge in [-0.15, -0.1) is 10.2 Å². The van der Waals surface area contributed by atoms with Crippen molar-refractivity contribution in [2.75, 3.05) is 6.54 Å². The molecule has 0 spiro atoms. The molecule has 0 aliphatic carbocycles. The minimum absolute atomic E-state index is 0.149. The van der Waals surface area contributed by atoms with Gasteiger partial charge < -0.3 is 5.32 Å².